The molecule has 2 amide bonds. The Morgan fingerprint density at radius 2 is 1.80 bits per heavy atom. The van der Waals surface area contributed by atoms with Gasteiger partial charge < -0.3 is 11.1 Å². The van der Waals surface area contributed by atoms with E-state index in [4.69, 9.17) is 5.73 Å². The van der Waals surface area contributed by atoms with Gasteiger partial charge in [-0.25, -0.2) is 13.2 Å². The normalized spacial score (nSPS) is 17.7. The van der Waals surface area contributed by atoms with Crippen molar-refractivity contribution in [1.82, 2.24) is 10.3 Å². The molecule has 12 heteroatoms. The summed E-state index contributed by atoms with van der Waals surface area (Å²) in [6.07, 6.45) is 1.16. The van der Waals surface area contributed by atoms with Crippen LogP contribution in [-0.4, -0.2) is 35.7 Å². The van der Waals surface area contributed by atoms with Gasteiger partial charge in [-0.3, -0.25) is 19.6 Å². The minimum absolute atomic E-state index is 0.00568. The lowest BCUT2D eigenvalue weighted by Crippen LogP contribution is -2.33. The summed E-state index contributed by atoms with van der Waals surface area (Å²) in [5, 5.41) is 2.81. The Labute approximate surface area is 249 Å². The smallest absolute Gasteiger partial charge is 0.366 e. The number of carbonyl (C=O) groups excluding carboxylic acids is 2. The number of amides is 2. The fraction of sp³-hybridized carbons (Fsp3) is 0.250. The van der Waals surface area contributed by atoms with Crippen molar-refractivity contribution in [1.29, 1.82) is 0 Å². The monoisotopic (exact) mass is 614 g/mol. The van der Waals surface area contributed by atoms with Crippen LogP contribution in [0, 0.1) is 29.3 Å². The van der Waals surface area contributed by atoms with Gasteiger partial charge in [0.15, 0.2) is 0 Å². The number of nitrogens with zero attached hydrogens (tertiary/aromatic N) is 2. The molecule has 1 aromatic heterocycles. The predicted molar refractivity (Wildman–Crippen MR) is 153 cm³/mol. The second-order valence-corrected chi connectivity index (χ2v) is 10.4. The molecule has 0 spiro atoms. The van der Waals surface area contributed by atoms with Gasteiger partial charge in [-0.1, -0.05) is 37.3 Å². The van der Waals surface area contributed by atoms with Gasteiger partial charge in [0, 0.05) is 36.4 Å². The van der Waals surface area contributed by atoms with E-state index in [0.29, 0.717) is 17.2 Å². The van der Waals surface area contributed by atoms with Crippen LogP contribution in [0.3, 0.4) is 0 Å². The first kappa shape index (κ1) is 32.2. The summed E-state index contributed by atoms with van der Waals surface area (Å²) in [5.74, 6) is -5.54. The highest BCUT2D eigenvalue weighted by molar-refractivity contribution is 5.94. The van der Waals surface area contributed by atoms with Gasteiger partial charge in [-0.15, -0.1) is 0 Å². The zero-order valence-corrected chi connectivity index (χ0v) is 23.4. The third kappa shape index (κ3) is 8.21. The summed E-state index contributed by atoms with van der Waals surface area (Å²) >= 11 is 0. The summed E-state index contributed by atoms with van der Waals surface area (Å²) in [6.45, 7) is 1.54. The van der Waals surface area contributed by atoms with Crippen LogP contribution in [0.5, 0.6) is 0 Å². The molecule has 3 N–H and O–H groups in total. The maximum absolute atomic E-state index is 14.2. The number of allylic oxidation sites excluding steroid dienone is 3. The molecule has 0 fully saturated rings. The van der Waals surface area contributed by atoms with Gasteiger partial charge in [-0.05, 0) is 53.8 Å². The number of halogens is 6. The van der Waals surface area contributed by atoms with E-state index in [1.54, 1.807) is 19.1 Å². The summed E-state index contributed by atoms with van der Waals surface area (Å²) in [4.78, 5) is 33.8. The number of alkyl halides is 3. The minimum atomic E-state index is -4.59. The topological polar surface area (TPSA) is 97.4 Å². The minimum Gasteiger partial charge on any atom is -0.366 e. The molecule has 0 saturated carbocycles. The van der Waals surface area contributed by atoms with E-state index in [1.807, 2.05) is 0 Å². The molecular weight excluding hydrogens is 586 g/mol. The van der Waals surface area contributed by atoms with Gasteiger partial charge in [-0.2, -0.15) is 13.2 Å². The molecule has 230 valence electrons. The number of hydrogen-bond donors (Lipinski definition) is 2. The second kappa shape index (κ2) is 13.7. The molecule has 3 aromatic rings. The van der Waals surface area contributed by atoms with Gasteiger partial charge in [0.25, 0.3) is 5.91 Å². The first-order valence-electron chi connectivity index (χ1n) is 13.6. The molecule has 0 aliphatic carbocycles. The van der Waals surface area contributed by atoms with Crippen molar-refractivity contribution in [3.63, 3.8) is 0 Å². The molecule has 1 aliphatic rings. The van der Waals surface area contributed by atoms with Crippen LogP contribution in [0.2, 0.25) is 0 Å². The standard InChI is InChI=1S/C32H28F6N4O2/c1-18-10-22(32(36,37)38)4-2-8-40-17-21(18)15-29(43)42-28(13-19-11-23(33)16-24(34)12-19)30-25(5-3-9-41-30)20-6-7-27(35)26(14-20)31(39)44/h2-7,9-12,14,16-18,21,28H,8,13,15H2,1H3,(H2,39,44)(H,42,43). The van der Waals surface area contributed by atoms with Crippen LogP contribution < -0.4 is 11.1 Å². The van der Waals surface area contributed by atoms with Crippen LogP contribution in [0.1, 0.15) is 41.0 Å². The lowest BCUT2D eigenvalue weighted by atomic mass is 9.89. The molecule has 0 radical (unpaired) electrons. The summed E-state index contributed by atoms with van der Waals surface area (Å²) < 4.78 is 82.9. The molecule has 0 bridgehead atoms. The molecule has 6 nitrogen and oxygen atoms in total. The van der Waals surface area contributed by atoms with E-state index in [0.717, 1.165) is 30.4 Å². The van der Waals surface area contributed by atoms with Crippen LogP contribution in [0.15, 0.2) is 83.5 Å². The van der Waals surface area contributed by atoms with Crippen LogP contribution >= 0.6 is 0 Å². The summed E-state index contributed by atoms with van der Waals surface area (Å²) in [7, 11) is 0. The van der Waals surface area contributed by atoms with E-state index in [9.17, 15) is 35.9 Å². The molecule has 1 aliphatic heterocycles. The highest BCUT2D eigenvalue weighted by Gasteiger charge is 2.33. The van der Waals surface area contributed by atoms with Crippen LogP contribution in [0.4, 0.5) is 26.3 Å². The zero-order chi connectivity index (χ0) is 32.0. The number of aliphatic imine (C=N–C) groups is 1. The molecule has 44 heavy (non-hydrogen) atoms. The van der Waals surface area contributed by atoms with Gasteiger partial charge in [0.05, 0.1) is 29.4 Å². The SMILES string of the molecule is CC1C=C(C(F)(F)F)C=CCN=CC1CC(=O)NC(Cc1cc(F)cc(F)c1)c1ncccc1-c1ccc(F)c(C(N)=O)c1. The highest BCUT2D eigenvalue weighted by Crippen LogP contribution is 2.32. The van der Waals surface area contributed by atoms with E-state index < -0.39 is 58.9 Å². The Bertz CT molecular complexity index is 1610. The number of carbonyl (C=O) groups is 2. The molecule has 4 rings (SSSR count). The maximum Gasteiger partial charge on any atom is 0.416 e. The third-order valence-electron chi connectivity index (χ3n) is 7.08. The molecule has 2 aromatic carbocycles. The fourth-order valence-corrected chi connectivity index (χ4v) is 4.93. The lowest BCUT2D eigenvalue weighted by molar-refractivity contribution is -0.122. The van der Waals surface area contributed by atoms with E-state index >= 15 is 0 Å². The maximum atomic E-state index is 14.2. The Kier molecular flexibility index (Phi) is 10.0. The molecule has 0 saturated heterocycles. The molecule has 2 heterocycles. The quantitative estimate of drug-likeness (QED) is 0.286. The zero-order valence-electron chi connectivity index (χ0n) is 23.4. The summed E-state index contributed by atoms with van der Waals surface area (Å²) in [5.41, 5.74) is 5.21. The Morgan fingerprint density at radius 3 is 2.48 bits per heavy atom. The molecule has 3 atom stereocenters. The third-order valence-corrected chi connectivity index (χ3v) is 7.08. The van der Waals surface area contributed by atoms with Gasteiger partial charge >= 0.3 is 6.18 Å². The molecular formula is C32H28F6N4O2. The average Bonchev–Trinajstić information content (AvgIpc) is 3.03. The van der Waals surface area contributed by atoms with Gasteiger partial charge in [0.2, 0.25) is 5.91 Å². The lowest BCUT2D eigenvalue weighted by Gasteiger charge is -2.24. The number of nitrogens with one attached hydrogen (secondary N) is 1. The Morgan fingerprint density at radius 1 is 1.07 bits per heavy atom. The number of pyridine rings is 1. The number of hydrogen-bond acceptors (Lipinski definition) is 4. The first-order chi connectivity index (χ1) is 20.8. The number of benzene rings is 2. The largest absolute Gasteiger partial charge is 0.416 e. The number of rotatable bonds is 8. The number of aromatic nitrogens is 1. The van der Waals surface area contributed by atoms with Crippen molar-refractivity contribution >= 4 is 18.0 Å². The first-order valence-corrected chi connectivity index (χ1v) is 13.6. The van der Waals surface area contributed by atoms with Crippen molar-refractivity contribution in [3.05, 3.63) is 113 Å². The highest BCUT2D eigenvalue weighted by atomic mass is 19.4. The van der Waals surface area contributed by atoms with Crippen LogP contribution in [-0.2, 0) is 11.2 Å². The van der Waals surface area contributed by atoms with E-state index in [1.165, 1.54) is 30.6 Å². The van der Waals surface area contributed by atoms with Crippen molar-refractivity contribution < 1.29 is 35.9 Å². The molecule has 3 unspecified atom stereocenters. The fourth-order valence-electron chi connectivity index (χ4n) is 4.93. The number of nitrogens with two attached hydrogens (primary N) is 1. The van der Waals surface area contributed by atoms with Crippen molar-refractivity contribution in [2.75, 3.05) is 6.54 Å². The van der Waals surface area contributed by atoms with Crippen molar-refractivity contribution in [3.8, 4) is 11.1 Å². The van der Waals surface area contributed by atoms with E-state index in [2.05, 4.69) is 15.3 Å². The Hall–Kier alpha value is -4.74. The van der Waals surface area contributed by atoms with E-state index in [-0.39, 0.29) is 36.2 Å². The Balaban J connectivity index is 1.70. The average molecular weight is 615 g/mol. The summed E-state index contributed by atoms with van der Waals surface area (Å²) in [6, 6.07) is 8.73. The predicted octanol–water partition coefficient (Wildman–Crippen LogP) is 6.44. The van der Waals surface area contributed by atoms with Crippen molar-refractivity contribution in [2.24, 2.45) is 22.6 Å². The number of primary amides is 1. The second-order valence-electron chi connectivity index (χ2n) is 10.4. The van der Waals surface area contributed by atoms with Gasteiger partial charge in [0.1, 0.15) is 17.5 Å². The van der Waals surface area contributed by atoms with Crippen LogP contribution in [0.25, 0.3) is 11.1 Å². The van der Waals surface area contributed by atoms with Crippen molar-refractivity contribution in [2.45, 2.75) is 32.0 Å².